The number of hydrogen-bond acceptors (Lipinski definition) is 5. The highest BCUT2D eigenvalue weighted by molar-refractivity contribution is 7.08. The fourth-order valence-electron chi connectivity index (χ4n) is 3.16. The third-order valence-electron chi connectivity index (χ3n) is 4.77. The summed E-state index contributed by atoms with van der Waals surface area (Å²) in [5, 5.41) is 18.0. The van der Waals surface area contributed by atoms with Crippen LogP contribution in [0.25, 0.3) is 10.9 Å². The van der Waals surface area contributed by atoms with Crippen LogP contribution in [0.5, 0.6) is 5.75 Å². The van der Waals surface area contributed by atoms with Gasteiger partial charge in [-0.1, -0.05) is 23.7 Å². The Hall–Kier alpha value is -3.95. The number of thiophene rings is 1. The standard InChI is InChI=1S/C23H18ClN5O3S/c24-18-10-14(4-5-20(18)30)23(32)28-26-11-15-2-1-3-19-17(15)6-8-29(19)12-21(25)27-22(31)16-7-9-33-13-16/h1-11,13,30H,12H2,(H,28,32)(H2,25,27,31)/b26-11+. The van der Waals surface area contributed by atoms with Crippen molar-refractivity contribution in [2.24, 2.45) is 15.8 Å². The molecule has 4 N–H and O–H groups in total. The SMILES string of the molecule is NC(Cn1ccc2c(/C=N/NC(=O)c3ccc(O)c(Cl)c3)cccc21)=NC(=O)c1ccsc1. The van der Waals surface area contributed by atoms with E-state index in [1.54, 1.807) is 11.4 Å². The molecule has 0 bridgehead atoms. The number of aromatic hydroxyl groups is 1. The summed E-state index contributed by atoms with van der Waals surface area (Å²) < 4.78 is 1.88. The topological polar surface area (TPSA) is 122 Å². The van der Waals surface area contributed by atoms with Crippen LogP contribution >= 0.6 is 22.9 Å². The first-order valence-electron chi connectivity index (χ1n) is 9.71. The summed E-state index contributed by atoms with van der Waals surface area (Å²) >= 11 is 7.26. The monoisotopic (exact) mass is 479 g/mol. The number of carbonyl (C=O) groups is 2. The molecule has 4 rings (SSSR count). The zero-order valence-electron chi connectivity index (χ0n) is 17.1. The van der Waals surface area contributed by atoms with E-state index in [1.807, 2.05) is 40.4 Å². The van der Waals surface area contributed by atoms with Gasteiger partial charge in [0, 0.05) is 33.6 Å². The zero-order valence-corrected chi connectivity index (χ0v) is 18.7. The maximum absolute atomic E-state index is 12.2. The Morgan fingerprint density at radius 1 is 1.18 bits per heavy atom. The van der Waals surface area contributed by atoms with E-state index in [0.717, 1.165) is 16.5 Å². The van der Waals surface area contributed by atoms with Crippen molar-refractivity contribution in [1.82, 2.24) is 9.99 Å². The first-order valence-corrected chi connectivity index (χ1v) is 11.0. The van der Waals surface area contributed by atoms with Crippen LogP contribution in [0.15, 0.2) is 75.6 Å². The predicted octanol–water partition coefficient (Wildman–Crippen LogP) is 4.02. The first kappa shape index (κ1) is 22.3. The van der Waals surface area contributed by atoms with Crippen molar-refractivity contribution in [1.29, 1.82) is 0 Å². The lowest BCUT2D eigenvalue weighted by atomic mass is 10.1. The molecule has 0 saturated carbocycles. The lowest BCUT2D eigenvalue weighted by Gasteiger charge is -2.06. The molecular formula is C23H18ClN5O3S. The molecule has 0 radical (unpaired) electrons. The van der Waals surface area contributed by atoms with Crippen LogP contribution in [-0.4, -0.2) is 33.5 Å². The van der Waals surface area contributed by atoms with Gasteiger partial charge in [0.2, 0.25) is 0 Å². The van der Waals surface area contributed by atoms with E-state index in [2.05, 4.69) is 15.5 Å². The van der Waals surface area contributed by atoms with E-state index in [0.29, 0.717) is 5.56 Å². The highest BCUT2D eigenvalue weighted by atomic mass is 35.5. The lowest BCUT2D eigenvalue weighted by Crippen LogP contribution is -2.20. The number of aliphatic imine (C=N–C) groups is 1. The molecule has 0 unspecified atom stereocenters. The molecule has 0 atom stereocenters. The molecule has 166 valence electrons. The molecule has 33 heavy (non-hydrogen) atoms. The van der Waals surface area contributed by atoms with Crippen molar-refractivity contribution in [2.45, 2.75) is 6.54 Å². The molecule has 2 aromatic carbocycles. The van der Waals surface area contributed by atoms with E-state index < -0.39 is 5.91 Å². The van der Waals surface area contributed by atoms with Crippen molar-refractivity contribution in [3.8, 4) is 5.75 Å². The number of benzene rings is 2. The van der Waals surface area contributed by atoms with Crippen LogP contribution in [0.3, 0.4) is 0 Å². The number of carbonyl (C=O) groups excluding carboxylic acids is 2. The number of hydrazone groups is 1. The van der Waals surface area contributed by atoms with Crippen molar-refractivity contribution >= 4 is 57.7 Å². The van der Waals surface area contributed by atoms with Gasteiger partial charge in [-0.2, -0.15) is 21.4 Å². The number of fused-ring (bicyclic) bond motifs is 1. The number of hydrogen-bond donors (Lipinski definition) is 3. The number of halogens is 1. The molecule has 10 heteroatoms. The lowest BCUT2D eigenvalue weighted by molar-refractivity contribution is 0.0953. The molecule has 2 aromatic heterocycles. The molecule has 0 spiro atoms. The van der Waals surface area contributed by atoms with Crippen LogP contribution in [-0.2, 0) is 6.54 Å². The van der Waals surface area contributed by atoms with Crippen LogP contribution in [0.4, 0.5) is 0 Å². The molecule has 4 aromatic rings. The molecule has 2 heterocycles. The normalized spacial score (nSPS) is 11.8. The second-order valence-electron chi connectivity index (χ2n) is 7.01. The molecule has 0 fully saturated rings. The Labute approximate surface area is 197 Å². The summed E-state index contributed by atoms with van der Waals surface area (Å²) in [7, 11) is 0. The fraction of sp³-hybridized carbons (Fsp3) is 0.0435. The average molecular weight is 480 g/mol. The summed E-state index contributed by atoms with van der Waals surface area (Å²) in [6, 6.07) is 13.4. The minimum atomic E-state index is -0.461. The summed E-state index contributed by atoms with van der Waals surface area (Å²) in [4.78, 5) is 28.3. The van der Waals surface area contributed by atoms with E-state index in [1.165, 1.54) is 35.8 Å². The summed E-state index contributed by atoms with van der Waals surface area (Å²) in [6.45, 7) is 0.248. The number of nitrogens with two attached hydrogens (primary N) is 1. The average Bonchev–Trinajstić information content (AvgIpc) is 3.47. The van der Waals surface area contributed by atoms with Crippen molar-refractivity contribution in [3.63, 3.8) is 0 Å². The highest BCUT2D eigenvalue weighted by Gasteiger charge is 2.10. The van der Waals surface area contributed by atoms with Crippen LogP contribution in [0.1, 0.15) is 26.3 Å². The van der Waals surface area contributed by atoms with E-state index >= 15 is 0 Å². The fourth-order valence-corrected chi connectivity index (χ4v) is 3.97. The minimum Gasteiger partial charge on any atom is -0.506 e. The number of aromatic nitrogens is 1. The van der Waals surface area contributed by atoms with Gasteiger partial charge in [-0.15, -0.1) is 0 Å². The van der Waals surface area contributed by atoms with Gasteiger partial charge in [-0.25, -0.2) is 5.43 Å². The maximum Gasteiger partial charge on any atom is 0.279 e. The van der Waals surface area contributed by atoms with Crippen LogP contribution in [0.2, 0.25) is 5.02 Å². The molecule has 0 aliphatic rings. The van der Waals surface area contributed by atoms with E-state index in [-0.39, 0.29) is 34.6 Å². The minimum absolute atomic E-state index is 0.0811. The number of amides is 2. The molecule has 0 saturated heterocycles. The van der Waals surface area contributed by atoms with Gasteiger partial charge in [0.1, 0.15) is 11.6 Å². The Morgan fingerprint density at radius 2 is 2.03 bits per heavy atom. The number of rotatable bonds is 6. The van der Waals surface area contributed by atoms with Crippen molar-refractivity contribution < 1.29 is 14.7 Å². The largest absolute Gasteiger partial charge is 0.506 e. The summed E-state index contributed by atoms with van der Waals surface area (Å²) in [5.74, 6) is -0.738. The van der Waals surface area contributed by atoms with Gasteiger partial charge in [0.05, 0.1) is 23.3 Å². The number of phenolic OH excluding ortho intramolecular Hbond substituents is 1. The Morgan fingerprint density at radius 3 is 2.79 bits per heavy atom. The third kappa shape index (κ3) is 5.11. The van der Waals surface area contributed by atoms with Gasteiger partial charge < -0.3 is 15.4 Å². The Kier molecular flexibility index (Phi) is 6.53. The molecular weight excluding hydrogens is 462 g/mol. The van der Waals surface area contributed by atoms with Crippen molar-refractivity contribution in [2.75, 3.05) is 0 Å². The zero-order chi connectivity index (χ0) is 23.4. The van der Waals surface area contributed by atoms with Gasteiger partial charge in [-0.05, 0) is 41.8 Å². The second-order valence-corrected chi connectivity index (χ2v) is 8.20. The first-order chi connectivity index (χ1) is 15.9. The predicted molar refractivity (Wildman–Crippen MR) is 130 cm³/mol. The van der Waals surface area contributed by atoms with Crippen LogP contribution < -0.4 is 11.2 Å². The second kappa shape index (κ2) is 9.68. The van der Waals surface area contributed by atoms with Gasteiger partial charge >= 0.3 is 0 Å². The van der Waals surface area contributed by atoms with E-state index in [4.69, 9.17) is 17.3 Å². The summed E-state index contributed by atoms with van der Waals surface area (Å²) in [6.07, 6.45) is 3.38. The Bertz CT molecular complexity index is 1390. The number of amidine groups is 1. The van der Waals surface area contributed by atoms with Gasteiger partial charge in [0.25, 0.3) is 11.8 Å². The Balaban J connectivity index is 1.48. The van der Waals surface area contributed by atoms with Crippen molar-refractivity contribution in [3.05, 3.63) is 87.2 Å². The third-order valence-corrected chi connectivity index (χ3v) is 5.76. The van der Waals surface area contributed by atoms with Gasteiger partial charge in [0.15, 0.2) is 0 Å². The number of phenols is 1. The number of nitrogens with zero attached hydrogens (tertiary/aromatic N) is 3. The quantitative estimate of drug-likeness (QED) is 0.219. The highest BCUT2D eigenvalue weighted by Crippen LogP contribution is 2.23. The molecule has 0 aliphatic carbocycles. The summed E-state index contributed by atoms with van der Waals surface area (Å²) in [5.41, 5.74) is 10.9. The maximum atomic E-state index is 12.2. The molecule has 0 aliphatic heterocycles. The molecule has 2 amide bonds. The smallest absolute Gasteiger partial charge is 0.279 e. The van der Waals surface area contributed by atoms with E-state index in [9.17, 15) is 14.7 Å². The van der Waals surface area contributed by atoms with Crippen LogP contribution in [0, 0.1) is 0 Å². The molecule has 8 nitrogen and oxygen atoms in total. The number of nitrogens with one attached hydrogen (secondary N) is 1. The van der Waals surface area contributed by atoms with Gasteiger partial charge in [-0.3, -0.25) is 9.59 Å².